The van der Waals surface area contributed by atoms with Crippen LogP contribution >= 0.6 is 0 Å². The van der Waals surface area contributed by atoms with Crippen LogP contribution < -0.4 is 0 Å². The van der Waals surface area contributed by atoms with Gasteiger partial charge in [0.05, 0.1) is 6.20 Å². The molecule has 4 nitrogen and oxygen atoms in total. The van der Waals surface area contributed by atoms with Crippen LogP contribution in [0.15, 0.2) is 48.5 Å². The summed E-state index contributed by atoms with van der Waals surface area (Å²) in [5, 5.41) is 12.2. The Balaban J connectivity index is 1.82. The van der Waals surface area contributed by atoms with Crippen molar-refractivity contribution in [2.24, 2.45) is 0 Å². The molecule has 0 saturated carbocycles. The summed E-state index contributed by atoms with van der Waals surface area (Å²) in [6.07, 6.45) is 3.18. The van der Waals surface area contributed by atoms with Gasteiger partial charge in [0.2, 0.25) is 5.82 Å². The van der Waals surface area contributed by atoms with Gasteiger partial charge in [0.25, 0.3) is 0 Å². The van der Waals surface area contributed by atoms with Crippen molar-refractivity contribution in [3.63, 3.8) is 0 Å². The quantitative estimate of drug-likeness (QED) is 0.738. The number of rotatable bonds is 3. The topological polar surface area (TPSA) is 43.6 Å². The van der Waals surface area contributed by atoms with Crippen LogP contribution in [-0.2, 0) is 0 Å². The van der Waals surface area contributed by atoms with Gasteiger partial charge in [-0.15, -0.1) is 15.0 Å². The second-order valence-corrected chi connectivity index (χ2v) is 4.64. The Morgan fingerprint density at radius 2 is 1.81 bits per heavy atom. The third-order valence-corrected chi connectivity index (χ3v) is 3.03. The zero-order chi connectivity index (χ0) is 14.7. The Morgan fingerprint density at radius 3 is 2.57 bits per heavy atom. The lowest BCUT2D eigenvalue weighted by atomic mass is 10.1. The highest BCUT2D eigenvalue weighted by molar-refractivity contribution is 5.60. The van der Waals surface area contributed by atoms with Gasteiger partial charge in [-0.2, -0.15) is 0 Å². The van der Waals surface area contributed by atoms with E-state index in [0.29, 0.717) is 11.4 Å². The molecule has 0 N–H and O–H groups in total. The summed E-state index contributed by atoms with van der Waals surface area (Å²) in [6.45, 7) is 2.02. The molecule has 0 atom stereocenters. The van der Waals surface area contributed by atoms with Crippen molar-refractivity contribution in [2.45, 2.75) is 6.92 Å². The second kappa shape index (κ2) is 5.66. The van der Waals surface area contributed by atoms with Gasteiger partial charge in [-0.25, -0.2) is 4.39 Å². The number of hydrogen-bond donors (Lipinski definition) is 0. The average Bonchev–Trinajstić information content (AvgIpc) is 2.96. The molecule has 1 aromatic heterocycles. The monoisotopic (exact) mass is 280 g/mol. The van der Waals surface area contributed by atoms with E-state index in [1.807, 2.05) is 31.2 Å². The van der Waals surface area contributed by atoms with Crippen LogP contribution in [0.5, 0.6) is 0 Å². The molecule has 0 fully saturated rings. The molecule has 0 aliphatic heterocycles. The average molecular weight is 280 g/mol. The fourth-order valence-electron chi connectivity index (χ4n) is 1.86. The maximum Gasteiger partial charge on any atom is 0.205 e. The number of tetrazole rings is 1. The first-order valence-corrected chi connectivity index (χ1v) is 6.52. The van der Waals surface area contributed by atoms with Gasteiger partial charge >= 0.3 is 0 Å². The number of benzene rings is 2. The molecule has 0 saturated heterocycles. The SMILES string of the molecule is Cc1ccc(-c2nnn(/C=C/c3ccccc3F)n2)cc1. The fourth-order valence-corrected chi connectivity index (χ4v) is 1.86. The smallest absolute Gasteiger partial charge is 0.205 e. The zero-order valence-corrected chi connectivity index (χ0v) is 11.4. The van der Waals surface area contributed by atoms with Gasteiger partial charge in [0, 0.05) is 11.1 Å². The summed E-state index contributed by atoms with van der Waals surface area (Å²) in [6, 6.07) is 14.4. The lowest BCUT2D eigenvalue weighted by Gasteiger charge is -1.95. The van der Waals surface area contributed by atoms with E-state index >= 15 is 0 Å². The van der Waals surface area contributed by atoms with Crippen molar-refractivity contribution < 1.29 is 4.39 Å². The number of aromatic nitrogens is 4. The summed E-state index contributed by atoms with van der Waals surface area (Å²) in [5.41, 5.74) is 2.54. The minimum atomic E-state index is -0.285. The minimum absolute atomic E-state index is 0.285. The molecule has 3 aromatic rings. The Bertz CT molecular complexity index is 775. The van der Waals surface area contributed by atoms with Crippen molar-refractivity contribution in [1.82, 2.24) is 20.2 Å². The van der Waals surface area contributed by atoms with Crippen LogP contribution in [-0.4, -0.2) is 20.2 Å². The minimum Gasteiger partial charge on any atom is -0.206 e. The molecule has 104 valence electrons. The number of hydrogen-bond acceptors (Lipinski definition) is 3. The van der Waals surface area contributed by atoms with Gasteiger partial charge in [0.1, 0.15) is 5.82 Å². The Morgan fingerprint density at radius 1 is 1.05 bits per heavy atom. The first-order valence-electron chi connectivity index (χ1n) is 6.52. The van der Waals surface area contributed by atoms with Crippen molar-refractivity contribution >= 4 is 12.3 Å². The van der Waals surface area contributed by atoms with Crippen LogP contribution in [0.2, 0.25) is 0 Å². The molecular formula is C16H13FN4. The van der Waals surface area contributed by atoms with Gasteiger partial charge in [-0.1, -0.05) is 48.0 Å². The molecule has 0 aliphatic rings. The van der Waals surface area contributed by atoms with E-state index in [-0.39, 0.29) is 5.82 Å². The third kappa shape index (κ3) is 3.02. The molecule has 1 heterocycles. The summed E-state index contributed by atoms with van der Waals surface area (Å²) in [7, 11) is 0. The van der Waals surface area contributed by atoms with Crippen molar-refractivity contribution in [1.29, 1.82) is 0 Å². The third-order valence-electron chi connectivity index (χ3n) is 3.03. The highest BCUT2D eigenvalue weighted by atomic mass is 19.1. The first-order chi connectivity index (χ1) is 10.2. The van der Waals surface area contributed by atoms with E-state index in [9.17, 15) is 4.39 Å². The highest BCUT2D eigenvalue weighted by Gasteiger charge is 2.04. The van der Waals surface area contributed by atoms with Crippen LogP contribution in [0, 0.1) is 12.7 Å². The van der Waals surface area contributed by atoms with E-state index in [4.69, 9.17) is 0 Å². The molecule has 2 aromatic carbocycles. The van der Waals surface area contributed by atoms with Crippen LogP contribution in [0.3, 0.4) is 0 Å². The Hall–Kier alpha value is -2.82. The van der Waals surface area contributed by atoms with E-state index in [1.54, 1.807) is 30.5 Å². The molecule has 0 radical (unpaired) electrons. The van der Waals surface area contributed by atoms with Crippen molar-refractivity contribution in [3.05, 3.63) is 65.5 Å². The van der Waals surface area contributed by atoms with Gasteiger partial charge in [0.15, 0.2) is 0 Å². The van der Waals surface area contributed by atoms with Crippen LogP contribution in [0.1, 0.15) is 11.1 Å². The zero-order valence-electron chi connectivity index (χ0n) is 11.4. The van der Waals surface area contributed by atoms with Crippen molar-refractivity contribution in [3.8, 4) is 11.4 Å². The summed E-state index contributed by atoms with van der Waals surface area (Å²) < 4.78 is 13.5. The second-order valence-electron chi connectivity index (χ2n) is 4.64. The molecular weight excluding hydrogens is 267 g/mol. The lowest BCUT2D eigenvalue weighted by molar-refractivity contribution is 0.625. The van der Waals surface area contributed by atoms with E-state index in [2.05, 4.69) is 15.4 Å². The van der Waals surface area contributed by atoms with Crippen LogP contribution in [0.25, 0.3) is 23.7 Å². The van der Waals surface area contributed by atoms with Gasteiger partial charge in [-0.05, 0) is 24.3 Å². The summed E-state index contributed by atoms with van der Waals surface area (Å²) in [4.78, 5) is 1.32. The normalized spacial score (nSPS) is 11.1. The Kier molecular flexibility index (Phi) is 3.55. The Labute approximate surface area is 121 Å². The maximum atomic E-state index is 13.5. The standard InChI is InChI=1S/C16H13FN4/c1-12-6-8-14(9-7-12)16-18-20-21(19-16)11-10-13-4-2-3-5-15(13)17/h2-11H,1H3/b11-10+. The number of aryl methyl sites for hydroxylation is 1. The highest BCUT2D eigenvalue weighted by Crippen LogP contribution is 2.14. The molecule has 0 unspecified atom stereocenters. The number of halogens is 1. The van der Waals surface area contributed by atoms with Crippen molar-refractivity contribution in [2.75, 3.05) is 0 Å². The largest absolute Gasteiger partial charge is 0.206 e. The van der Waals surface area contributed by atoms with Gasteiger partial charge in [-0.3, -0.25) is 0 Å². The lowest BCUT2D eigenvalue weighted by Crippen LogP contribution is -1.92. The van der Waals surface area contributed by atoms with Gasteiger partial charge < -0.3 is 0 Å². The predicted octanol–water partition coefficient (Wildman–Crippen LogP) is 3.42. The first kappa shape index (κ1) is 13.2. The van der Waals surface area contributed by atoms with E-state index < -0.39 is 0 Å². The molecule has 5 heteroatoms. The molecule has 0 amide bonds. The number of nitrogens with zero attached hydrogens (tertiary/aromatic N) is 4. The molecule has 3 rings (SSSR count). The maximum absolute atomic E-state index is 13.5. The van der Waals surface area contributed by atoms with E-state index in [0.717, 1.165) is 5.56 Å². The predicted molar refractivity (Wildman–Crippen MR) is 79.6 cm³/mol. The molecule has 0 aliphatic carbocycles. The molecule has 21 heavy (non-hydrogen) atoms. The summed E-state index contributed by atoms with van der Waals surface area (Å²) >= 11 is 0. The molecule has 0 bridgehead atoms. The fraction of sp³-hybridized carbons (Fsp3) is 0.0625. The molecule has 0 spiro atoms. The van der Waals surface area contributed by atoms with Crippen LogP contribution in [0.4, 0.5) is 4.39 Å². The summed E-state index contributed by atoms with van der Waals surface area (Å²) in [5.74, 6) is 0.251. The van der Waals surface area contributed by atoms with E-state index in [1.165, 1.54) is 16.4 Å².